The molecule has 0 spiro atoms. The molecule has 1 N–H and O–H groups in total. The lowest BCUT2D eigenvalue weighted by Gasteiger charge is -2.40. The van der Waals surface area contributed by atoms with Gasteiger partial charge in [-0.2, -0.15) is 20.0 Å². The molecule has 2 atom stereocenters. The summed E-state index contributed by atoms with van der Waals surface area (Å²) in [6.45, 7) is 4.64. The third-order valence-electron chi connectivity index (χ3n) is 6.33. The fourth-order valence-electron chi connectivity index (χ4n) is 4.48. The van der Waals surface area contributed by atoms with Crippen molar-refractivity contribution in [3.05, 3.63) is 65.5 Å². The van der Waals surface area contributed by atoms with Crippen molar-refractivity contribution in [1.82, 2.24) is 24.9 Å². The summed E-state index contributed by atoms with van der Waals surface area (Å²) in [4.78, 5) is 21.1. The van der Waals surface area contributed by atoms with Crippen LogP contribution in [0.25, 0.3) is 16.8 Å². The highest BCUT2D eigenvalue weighted by molar-refractivity contribution is 5.98. The van der Waals surface area contributed by atoms with E-state index >= 15 is 0 Å². The van der Waals surface area contributed by atoms with Gasteiger partial charge in [0.2, 0.25) is 0 Å². The smallest absolute Gasteiger partial charge is 0.295 e. The minimum atomic E-state index is -0.460. The Kier molecular flexibility index (Phi) is 5.72. The summed E-state index contributed by atoms with van der Waals surface area (Å²) in [6, 6.07) is 7.06. The molecule has 0 aliphatic carbocycles. The Hall–Kier alpha value is -3.82. The first-order chi connectivity index (χ1) is 16.4. The van der Waals surface area contributed by atoms with Gasteiger partial charge in [0.1, 0.15) is 17.2 Å². The Labute approximate surface area is 194 Å². The summed E-state index contributed by atoms with van der Waals surface area (Å²) in [5, 5.41) is 11.4. The van der Waals surface area contributed by atoms with Crippen LogP contribution in [0.5, 0.6) is 0 Å². The number of aromatic nitrogens is 4. The molecule has 176 valence electrons. The molecule has 1 aliphatic heterocycles. The molecule has 1 fully saturated rings. The number of nitrogens with one attached hydrogen (secondary N) is 1. The van der Waals surface area contributed by atoms with Gasteiger partial charge in [-0.15, -0.1) is 0 Å². The summed E-state index contributed by atoms with van der Waals surface area (Å²) in [6.07, 6.45) is 4.81. The molecule has 10 heteroatoms. The number of anilines is 1. The first-order valence-electron chi connectivity index (χ1n) is 11.2. The van der Waals surface area contributed by atoms with Gasteiger partial charge in [-0.3, -0.25) is 4.79 Å². The van der Waals surface area contributed by atoms with Crippen LogP contribution in [-0.2, 0) is 0 Å². The van der Waals surface area contributed by atoms with Crippen LogP contribution in [0.4, 0.5) is 14.8 Å². The van der Waals surface area contributed by atoms with E-state index in [1.807, 2.05) is 0 Å². The third-order valence-corrected chi connectivity index (χ3v) is 6.33. The molecule has 0 radical (unpaired) electrons. The zero-order valence-electron chi connectivity index (χ0n) is 18.8. The zero-order valence-corrected chi connectivity index (χ0v) is 18.8. The lowest BCUT2D eigenvalue weighted by molar-refractivity contribution is 0.0538. The van der Waals surface area contributed by atoms with Crippen LogP contribution in [0, 0.1) is 24.5 Å². The molecular formula is C24H24F2N6O2. The van der Waals surface area contributed by atoms with E-state index in [1.54, 1.807) is 17.9 Å². The summed E-state index contributed by atoms with van der Waals surface area (Å²) >= 11 is 0. The molecule has 1 amide bonds. The number of amides is 1. The number of rotatable bonds is 5. The highest BCUT2D eigenvalue weighted by atomic mass is 19.1. The standard InChI is InChI=1S/C24H24F2N6O2/c1-14-4-3-9-31(21(14)13-27-24-30-19-11-16(25)5-6-22(19)34-24)23(33)17-12-18(26)15(2)10-20(17)32-28-7-8-29-32/h5-8,10-12,14,21H,3-4,9,13H2,1-2H3,(H,27,30)/t14-,21-/m1/s1. The molecule has 3 heterocycles. The van der Waals surface area contributed by atoms with E-state index < -0.39 is 11.6 Å². The minimum Gasteiger partial charge on any atom is -0.424 e. The van der Waals surface area contributed by atoms with Crippen LogP contribution in [0.15, 0.2) is 47.1 Å². The van der Waals surface area contributed by atoms with Crippen molar-refractivity contribution in [3.8, 4) is 5.69 Å². The SMILES string of the molecule is Cc1cc(-n2nccn2)c(C(=O)N2CCC[C@@H](C)[C@H]2CNc2nc3cc(F)ccc3o2)cc1F. The molecule has 34 heavy (non-hydrogen) atoms. The van der Waals surface area contributed by atoms with E-state index in [-0.39, 0.29) is 29.4 Å². The second kappa shape index (κ2) is 8.85. The Morgan fingerprint density at radius 3 is 2.79 bits per heavy atom. The van der Waals surface area contributed by atoms with Crippen molar-refractivity contribution >= 4 is 23.0 Å². The van der Waals surface area contributed by atoms with E-state index in [0.717, 1.165) is 12.8 Å². The van der Waals surface area contributed by atoms with Crippen LogP contribution in [-0.4, -0.2) is 49.9 Å². The van der Waals surface area contributed by atoms with Crippen molar-refractivity contribution in [2.24, 2.45) is 5.92 Å². The number of oxazole rings is 1. The first-order valence-corrected chi connectivity index (χ1v) is 11.2. The van der Waals surface area contributed by atoms with Crippen LogP contribution < -0.4 is 5.32 Å². The normalized spacial score (nSPS) is 18.4. The maximum Gasteiger partial charge on any atom is 0.295 e. The lowest BCUT2D eigenvalue weighted by atomic mass is 9.90. The number of piperidine rings is 1. The quantitative estimate of drug-likeness (QED) is 0.471. The average Bonchev–Trinajstić information content (AvgIpc) is 3.49. The van der Waals surface area contributed by atoms with Crippen molar-refractivity contribution in [2.75, 3.05) is 18.4 Å². The number of likely N-dealkylation sites (tertiary alicyclic amines) is 1. The fourth-order valence-corrected chi connectivity index (χ4v) is 4.48. The Morgan fingerprint density at radius 1 is 1.21 bits per heavy atom. The summed E-state index contributed by atoms with van der Waals surface area (Å²) < 4.78 is 33.7. The molecule has 5 rings (SSSR count). The van der Waals surface area contributed by atoms with Crippen molar-refractivity contribution in [1.29, 1.82) is 0 Å². The largest absolute Gasteiger partial charge is 0.424 e. The molecule has 2 aromatic heterocycles. The molecule has 0 unspecified atom stereocenters. The summed E-state index contributed by atoms with van der Waals surface area (Å²) in [5.74, 6) is -0.951. The van der Waals surface area contributed by atoms with Gasteiger partial charge >= 0.3 is 0 Å². The Morgan fingerprint density at radius 2 is 2.00 bits per heavy atom. The number of hydrogen-bond donors (Lipinski definition) is 1. The predicted molar refractivity (Wildman–Crippen MR) is 122 cm³/mol. The third kappa shape index (κ3) is 4.11. The Balaban J connectivity index is 1.42. The maximum absolute atomic E-state index is 14.5. The molecule has 1 aliphatic rings. The molecule has 1 saturated heterocycles. The van der Waals surface area contributed by atoms with Gasteiger partial charge in [0, 0.05) is 19.2 Å². The highest BCUT2D eigenvalue weighted by Crippen LogP contribution is 2.28. The van der Waals surface area contributed by atoms with E-state index in [9.17, 15) is 13.6 Å². The number of carbonyl (C=O) groups is 1. The van der Waals surface area contributed by atoms with Crippen LogP contribution in [0.2, 0.25) is 0 Å². The topological polar surface area (TPSA) is 89.1 Å². The number of fused-ring (bicyclic) bond motifs is 1. The number of carbonyl (C=O) groups excluding carboxylic acids is 1. The number of benzene rings is 2. The minimum absolute atomic E-state index is 0.184. The number of hydrogen-bond acceptors (Lipinski definition) is 6. The summed E-state index contributed by atoms with van der Waals surface area (Å²) in [7, 11) is 0. The van der Waals surface area contributed by atoms with Crippen LogP contribution in [0.3, 0.4) is 0 Å². The molecule has 8 nitrogen and oxygen atoms in total. The fraction of sp³-hybridized carbons (Fsp3) is 0.333. The van der Waals surface area contributed by atoms with E-state index in [2.05, 4.69) is 27.4 Å². The molecule has 0 bridgehead atoms. The highest BCUT2D eigenvalue weighted by Gasteiger charge is 2.34. The van der Waals surface area contributed by atoms with Crippen LogP contribution in [0.1, 0.15) is 35.7 Å². The van der Waals surface area contributed by atoms with E-state index in [1.165, 1.54) is 41.5 Å². The van der Waals surface area contributed by atoms with Gasteiger partial charge in [-0.1, -0.05) is 6.92 Å². The predicted octanol–water partition coefficient (Wildman–Crippen LogP) is 4.35. The van der Waals surface area contributed by atoms with Crippen molar-refractivity contribution in [2.45, 2.75) is 32.7 Å². The van der Waals surface area contributed by atoms with Crippen molar-refractivity contribution < 1.29 is 18.0 Å². The van der Waals surface area contributed by atoms with E-state index in [0.29, 0.717) is 35.4 Å². The second-order valence-electron chi connectivity index (χ2n) is 8.63. The molecule has 2 aromatic carbocycles. The Bertz CT molecular complexity index is 1340. The van der Waals surface area contributed by atoms with Crippen LogP contribution >= 0.6 is 0 Å². The second-order valence-corrected chi connectivity index (χ2v) is 8.63. The van der Waals surface area contributed by atoms with Gasteiger partial charge < -0.3 is 14.6 Å². The van der Waals surface area contributed by atoms with E-state index in [4.69, 9.17) is 4.42 Å². The molecule has 0 saturated carbocycles. The molecular weight excluding hydrogens is 442 g/mol. The first kappa shape index (κ1) is 22.0. The van der Waals surface area contributed by atoms with Gasteiger partial charge in [0.05, 0.1) is 29.7 Å². The van der Waals surface area contributed by atoms with Gasteiger partial charge in [0.25, 0.3) is 11.9 Å². The van der Waals surface area contributed by atoms with Gasteiger partial charge in [-0.05, 0) is 55.5 Å². The zero-order chi connectivity index (χ0) is 23.8. The average molecular weight is 466 g/mol. The number of halogens is 2. The molecule has 4 aromatic rings. The number of aryl methyl sites for hydroxylation is 1. The number of nitrogens with zero attached hydrogens (tertiary/aromatic N) is 5. The lowest BCUT2D eigenvalue weighted by Crippen LogP contribution is -2.51. The van der Waals surface area contributed by atoms with Gasteiger partial charge in [-0.25, -0.2) is 8.78 Å². The summed E-state index contributed by atoms with van der Waals surface area (Å²) in [5.41, 5.74) is 1.93. The van der Waals surface area contributed by atoms with Crippen molar-refractivity contribution in [3.63, 3.8) is 0 Å². The maximum atomic E-state index is 14.5. The monoisotopic (exact) mass is 466 g/mol. The van der Waals surface area contributed by atoms with Gasteiger partial charge in [0.15, 0.2) is 5.58 Å².